The largest absolute Gasteiger partial charge is 0.482 e. The van der Waals surface area contributed by atoms with Crippen LogP contribution in [-0.4, -0.2) is 16.3 Å². The van der Waals surface area contributed by atoms with E-state index in [1.54, 1.807) is 0 Å². The summed E-state index contributed by atoms with van der Waals surface area (Å²) in [6.07, 6.45) is -3.17. The Hall–Kier alpha value is -2.02. The van der Waals surface area contributed by atoms with E-state index in [1.165, 1.54) is 42.0 Å². The van der Waals surface area contributed by atoms with Crippen LogP contribution < -0.4 is 10.6 Å². The standard InChI is InChI=1S/C11H8ClF3N4/c12-9-5-10(17-6-16-9)18-7-1-3-8(4-2-7)19-11(13,14)15/h1-6,19H,(H,16,17,18). The molecule has 0 saturated heterocycles. The second-order valence-electron chi connectivity index (χ2n) is 3.55. The molecular weight excluding hydrogens is 281 g/mol. The maximum atomic E-state index is 12.1. The molecule has 2 aromatic rings. The minimum atomic E-state index is -4.45. The fourth-order valence-corrected chi connectivity index (χ4v) is 1.50. The van der Waals surface area contributed by atoms with Crippen molar-refractivity contribution in [2.45, 2.75) is 6.30 Å². The third-order valence-corrected chi connectivity index (χ3v) is 2.28. The number of nitrogens with zero attached hydrogens (tertiary/aromatic N) is 2. The minimum Gasteiger partial charge on any atom is -0.340 e. The Balaban J connectivity index is 2.07. The number of halogens is 4. The first kappa shape index (κ1) is 13.4. The molecule has 0 aliphatic heterocycles. The van der Waals surface area contributed by atoms with Crippen molar-refractivity contribution in [2.75, 3.05) is 10.6 Å². The van der Waals surface area contributed by atoms with E-state index in [-0.39, 0.29) is 10.8 Å². The molecule has 2 rings (SSSR count). The second-order valence-corrected chi connectivity index (χ2v) is 3.94. The molecule has 0 unspecified atom stereocenters. The average molecular weight is 289 g/mol. The molecular formula is C11H8ClF3N4. The molecule has 0 atom stereocenters. The zero-order valence-electron chi connectivity index (χ0n) is 9.37. The van der Waals surface area contributed by atoms with Crippen LogP contribution in [0.5, 0.6) is 0 Å². The second kappa shape index (κ2) is 5.31. The lowest BCUT2D eigenvalue weighted by atomic mass is 10.3. The molecule has 8 heteroatoms. The normalized spacial score (nSPS) is 11.2. The Morgan fingerprint density at radius 1 is 1.00 bits per heavy atom. The van der Waals surface area contributed by atoms with E-state index in [1.807, 2.05) is 0 Å². The summed E-state index contributed by atoms with van der Waals surface area (Å²) in [5, 5.41) is 4.57. The molecule has 0 bridgehead atoms. The summed E-state index contributed by atoms with van der Waals surface area (Å²) in [4.78, 5) is 7.63. The highest BCUT2D eigenvalue weighted by molar-refractivity contribution is 6.29. The summed E-state index contributed by atoms with van der Waals surface area (Å²) in [5.41, 5.74) is 0.543. The van der Waals surface area contributed by atoms with Crippen molar-refractivity contribution in [3.63, 3.8) is 0 Å². The molecule has 0 aliphatic carbocycles. The molecule has 2 N–H and O–H groups in total. The van der Waals surface area contributed by atoms with E-state index in [0.29, 0.717) is 11.5 Å². The van der Waals surface area contributed by atoms with Gasteiger partial charge in [-0.2, -0.15) is 13.2 Å². The highest BCUT2D eigenvalue weighted by atomic mass is 35.5. The van der Waals surface area contributed by atoms with Gasteiger partial charge >= 0.3 is 6.30 Å². The maximum absolute atomic E-state index is 12.1. The monoisotopic (exact) mass is 288 g/mol. The Morgan fingerprint density at radius 2 is 1.63 bits per heavy atom. The SMILES string of the molecule is FC(F)(F)Nc1ccc(Nc2cc(Cl)ncn2)cc1. The van der Waals surface area contributed by atoms with Gasteiger partial charge in [-0.15, -0.1) is 0 Å². The predicted molar refractivity (Wildman–Crippen MR) is 66.4 cm³/mol. The summed E-state index contributed by atoms with van der Waals surface area (Å²) in [7, 11) is 0. The molecule has 1 aromatic heterocycles. The van der Waals surface area contributed by atoms with Gasteiger partial charge in [-0.25, -0.2) is 9.97 Å². The van der Waals surface area contributed by atoms with Crippen molar-refractivity contribution < 1.29 is 13.2 Å². The number of alkyl halides is 3. The minimum absolute atomic E-state index is 0.0428. The van der Waals surface area contributed by atoms with Crippen LogP contribution in [0.15, 0.2) is 36.7 Å². The lowest BCUT2D eigenvalue weighted by Gasteiger charge is -2.11. The quantitative estimate of drug-likeness (QED) is 0.666. The van der Waals surface area contributed by atoms with Crippen LogP contribution in [0.25, 0.3) is 0 Å². The van der Waals surface area contributed by atoms with E-state index in [0.717, 1.165) is 0 Å². The number of anilines is 3. The summed E-state index contributed by atoms with van der Waals surface area (Å²) < 4.78 is 36.2. The van der Waals surface area contributed by atoms with E-state index in [9.17, 15) is 13.2 Å². The first-order chi connectivity index (χ1) is 8.92. The van der Waals surface area contributed by atoms with Gasteiger partial charge in [0.15, 0.2) is 0 Å². The number of benzene rings is 1. The Kier molecular flexibility index (Phi) is 3.75. The number of rotatable bonds is 3. The van der Waals surface area contributed by atoms with Crippen molar-refractivity contribution in [1.82, 2.24) is 9.97 Å². The lowest BCUT2D eigenvalue weighted by molar-refractivity contribution is -0.0999. The average Bonchev–Trinajstić information content (AvgIpc) is 2.30. The van der Waals surface area contributed by atoms with Crippen molar-refractivity contribution in [1.29, 1.82) is 0 Å². The van der Waals surface area contributed by atoms with Gasteiger partial charge < -0.3 is 5.32 Å². The predicted octanol–water partition coefficient (Wildman–Crippen LogP) is 3.81. The van der Waals surface area contributed by atoms with E-state index < -0.39 is 6.30 Å². The highest BCUT2D eigenvalue weighted by Crippen LogP contribution is 2.22. The molecule has 100 valence electrons. The lowest BCUT2D eigenvalue weighted by Crippen LogP contribution is -2.20. The van der Waals surface area contributed by atoms with Crippen LogP contribution in [0, 0.1) is 0 Å². The van der Waals surface area contributed by atoms with Crippen LogP contribution in [0.3, 0.4) is 0 Å². The van der Waals surface area contributed by atoms with Crippen LogP contribution in [0.2, 0.25) is 5.15 Å². The summed E-state index contributed by atoms with van der Waals surface area (Å²) in [6, 6.07) is 7.09. The number of hydrogen-bond donors (Lipinski definition) is 2. The van der Waals surface area contributed by atoms with Crippen molar-refractivity contribution in [2.24, 2.45) is 0 Å². The first-order valence-corrected chi connectivity index (χ1v) is 5.50. The molecule has 0 spiro atoms. The molecule has 4 nitrogen and oxygen atoms in total. The highest BCUT2D eigenvalue weighted by Gasteiger charge is 2.26. The van der Waals surface area contributed by atoms with Gasteiger partial charge in [-0.3, -0.25) is 5.32 Å². The molecule has 19 heavy (non-hydrogen) atoms. The summed E-state index contributed by atoms with van der Waals surface area (Å²) in [5.74, 6) is 0.455. The Morgan fingerprint density at radius 3 is 2.21 bits per heavy atom. The van der Waals surface area contributed by atoms with Gasteiger partial charge in [0.25, 0.3) is 0 Å². The molecule has 0 aliphatic rings. The molecule has 0 amide bonds. The third kappa shape index (κ3) is 4.29. The number of hydrogen-bond acceptors (Lipinski definition) is 4. The van der Waals surface area contributed by atoms with Crippen LogP contribution in [0.4, 0.5) is 30.4 Å². The fraction of sp³-hybridized carbons (Fsp3) is 0.0909. The van der Waals surface area contributed by atoms with Gasteiger partial charge in [0.2, 0.25) is 0 Å². The van der Waals surface area contributed by atoms with Gasteiger partial charge in [0.1, 0.15) is 17.3 Å². The van der Waals surface area contributed by atoms with Gasteiger partial charge in [-0.1, -0.05) is 11.6 Å². The molecule has 0 fully saturated rings. The van der Waals surface area contributed by atoms with Crippen LogP contribution in [0.1, 0.15) is 0 Å². The van der Waals surface area contributed by atoms with Crippen LogP contribution >= 0.6 is 11.6 Å². The topological polar surface area (TPSA) is 49.8 Å². The fourth-order valence-electron chi connectivity index (χ4n) is 1.35. The Bertz CT molecular complexity index is 557. The van der Waals surface area contributed by atoms with E-state index in [2.05, 4.69) is 15.3 Å². The van der Waals surface area contributed by atoms with Gasteiger partial charge in [-0.05, 0) is 24.3 Å². The summed E-state index contributed by atoms with van der Waals surface area (Å²) in [6.45, 7) is 0. The molecule has 0 saturated carbocycles. The van der Waals surface area contributed by atoms with E-state index in [4.69, 9.17) is 11.6 Å². The van der Waals surface area contributed by atoms with E-state index >= 15 is 0 Å². The molecule has 1 heterocycles. The number of aromatic nitrogens is 2. The smallest absolute Gasteiger partial charge is 0.340 e. The third-order valence-electron chi connectivity index (χ3n) is 2.08. The van der Waals surface area contributed by atoms with Crippen LogP contribution in [-0.2, 0) is 0 Å². The maximum Gasteiger partial charge on any atom is 0.482 e. The van der Waals surface area contributed by atoms with Crippen molar-refractivity contribution in [3.8, 4) is 0 Å². The molecule has 1 aromatic carbocycles. The number of nitrogens with one attached hydrogen (secondary N) is 2. The van der Waals surface area contributed by atoms with Gasteiger partial charge in [0, 0.05) is 17.4 Å². The summed E-state index contributed by atoms with van der Waals surface area (Å²) >= 11 is 5.68. The molecule has 0 radical (unpaired) electrons. The van der Waals surface area contributed by atoms with Gasteiger partial charge in [0.05, 0.1) is 0 Å². The zero-order valence-corrected chi connectivity index (χ0v) is 10.1. The van der Waals surface area contributed by atoms with Crippen molar-refractivity contribution in [3.05, 3.63) is 41.8 Å². The zero-order chi connectivity index (χ0) is 13.9. The Labute approximate surface area is 111 Å². The first-order valence-electron chi connectivity index (χ1n) is 5.12. The van der Waals surface area contributed by atoms with Crippen molar-refractivity contribution >= 4 is 28.8 Å².